The van der Waals surface area contributed by atoms with Gasteiger partial charge in [-0.1, -0.05) is 0 Å². The molecule has 4 heterocycles. The van der Waals surface area contributed by atoms with Gasteiger partial charge in [-0.25, -0.2) is 9.97 Å². The Balaban J connectivity index is 1.17. The maximum atomic E-state index is 12.4. The van der Waals surface area contributed by atoms with Gasteiger partial charge in [0.15, 0.2) is 17.3 Å². The zero-order valence-electron chi connectivity index (χ0n) is 23.6. The van der Waals surface area contributed by atoms with E-state index in [2.05, 4.69) is 59.7 Å². The van der Waals surface area contributed by atoms with Gasteiger partial charge in [-0.2, -0.15) is 5.10 Å². The van der Waals surface area contributed by atoms with Crippen molar-refractivity contribution in [3.8, 4) is 11.4 Å². The number of piperidine rings is 1. The maximum absolute atomic E-state index is 12.4. The fourth-order valence-corrected chi connectivity index (χ4v) is 6.22. The van der Waals surface area contributed by atoms with Crippen molar-refractivity contribution in [2.45, 2.75) is 50.3 Å². The van der Waals surface area contributed by atoms with E-state index in [9.17, 15) is 9.90 Å². The first-order chi connectivity index (χ1) is 19.9. The van der Waals surface area contributed by atoms with Gasteiger partial charge in [-0.3, -0.25) is 14.8 Å². The van der Waals surface area contributed by atoms with E-state index in [1.807, 2.05) is 12.1 Å². The van der Waals surface area contributed by atoms with Crippen LogP contribution < -0.4 is 21.3 Å². The highest BCUT2D eigenvalue weighted by molar-refractivity contribution is 5.97. The lowest BCUT2D eigenvalue weighted by Crippen LogP contribution is -2.52. The van der Waals surface area contributed by atoms with Crippen molar-refractivity contribution < 1.29 is 9.90 Å². The first kappa shape index (κ1) is 27.4. The topological polar surface area (TPSA) is 152 Å². The van der Waals surface area contributed by atoms with Crippen molar-refractivity contribution >= 4 is 28.9 Å². The molecule has 0 radical (unpaired) electrons. The van der Waals surface area contributed by atoms with Gasteiger partial charge in [0.05, 0.1) is 11.8 Å². The molecule has 218 valence electrons. The summed E-state index contributed by atoms with van der Waals surface area (Å²) in [6.07, 6.45) is 5.81. The molecule has 2 aromatic heterocycles. The molecular formula is C29H40N10O2. The Morgan fingerprint density at radius 1 is 0.976 bits per heavy atom. The average molecular weight is 561 g/mol. The van der Waals surface area contributed by atoms with Gasteiger partial charge in [0.25, 0.3) is 5.91 Å². The molecule has 1 aromatic carbocycles. The summed E-state index contributed by atoms with van der Waals surface area (Å²) < 4.78 is 0. The second-order valence-corrected chi connectivity index (χ2v) is 11.5. The molecule has 0 bridgehead atoms. The van der Waals surface area contributed by atoms with Crippen LogP contribution in [0.4, 0.5) is 23.0 Å². The summed E-state index contributed by atoms with van der Waals surface area (Å²) in [5.74, 6) is 0.103. The summed E-state index contributed by atoms with van der Waals surface area (Å²) in [4.78, 5) is 29.3. The third-order valence-electron chi connectivity index (χ3n) is 8.64. The SMILES string of the molecule is CN1CCN(C2CCN(c3ccc(Nc4nc(NC5CCC(O)C5)c(-c5ccn[nH]5)nc4C(N)=O)cc3)CC2)CC1. The fraction of sp³-hybridized carbons (Fsp3) is 0.517. The zero-order valence-corrected chi connectivity index (χ0v) is 23.6. The number of amides is 1. The molecule has 12 nitrogen and oxygen atoms in total. The van der Waals surface area contributed by atoms with Gasteiger partial charge >= 0.3 is 0 Å². The first-order valence-electron chi connectivity index (χ1n) is 14.6. The van der Waals surface area contributed by atoms with E-state index in [1.165, 1.54) is 31.6 Å². The third kappa shape index (κ3) is 6.29. The van der Waals surface area contributed by atoms with Crippen molar-refractivity contribution in [3.05, 3.63) is 42.2 Å². The van der Waals surface area contributed by atoms with Crippen molar-refractivity contribution in [2.75, 3.05) is 61.8 Å². The van der Waals surface area contributed by atoms with E-state index in [0.29, 0.717) is 29.7 Å². The van der Waals surface area contributed by atoms with Crippen molar-refractivity contribution in [2.24, 2.45) is 5.73 Å². The lowest BCUT2D eigenvalue weighted by Gasteiger charge is -2.42. The maximum Gasteiger partial charge on any atom is 0.271 e. The van der Waals surface area contributed by atoms with E-state index in [1.54, 1.807) is 12.3 Å². The molecule has 2 saturated heterocycles. The Morgan fingerprint density at radius 2 is 1.73 bits per heavy atom. The number of hydrogen-bond acceptors (Lipinski definition) is 10. The van der Waals surface area contributed by atoms with Gasteiger partial charge < -0.3 is 31.3 Å². The highest BCUT2D eigenvalue weighted by Gasteiger charge is 2.28. The number of likely N-dealkylation sites (N-methyl/N-ethyl adjacent to an activating group) is 1. The van der Waals surface area contributed by atoms with Gasteiger partial charge in [0, 0.05) is 68.9 Å². The number of benzene rings is 1. The normalized spacial score (nSPS) is 22.6. The number of aromatic nitrogens is 4. The molecule has 1 saturated carbocycles. The van der Waals surface area contributed by atoms with Gasteiger partial charge in [0.2, 0.25) is 0 Å². The van der Waals surface area contributed by atoms with E-state index in [0.717, 1.165) is 44.7 Å². The molecule has 41 heavy (non-hydrogen) atoms. The van der Waals surface area contributed by atoms with E-state index < -0.39 is 5.91 Å². The predicted molar refractivity (Wildman–Crippen MR) is 159 cm³/mol. The number of H-pyrrole nitrogens is 1. The fourth-order valence-electron chi connectivity index (χ4n) is 6.22. The number of carbonyl (C=O) groups excluding carboxylic acids is 1. The molecule has 2 aliphatic heterocycles. The number of hydrogen-bond donors (Lipinski definition) is 5. The molecule has 6 rings (SSSR count). The van der Waals surface area contributed by atoms with Crippen LogP contribution in [0.1, 0.15) is 42.6 Å². The molecule has 1 aliphatic carbocycles. The predicted octanol–water partition coefficient (Wildman–Crippen LogP) is 2.25. The number of primary amides is 1. The Bertz CT molecular complexity index is 1320. The Morgan fingerprint density at radius 3 is 2.37 bits per heavy atom. The van der Waals surface area contributed by atoms with Crippen LogP contribution in [0.15, 0.2) is 36.5 Å². The number of piperazine rings is 1. The van der Waals surface area contributed by atoms with Crippen molar-refractivity contribution in [3.63, 3.8) is 0 Å². The number of nitrogens with two attached hydrogens (primary N) is 1. The summed E-state index contributed by atoms with van der Waals surface area (Å²) in [5, 5.41) is 23.6. The van der Waals surface area contributed by atoms with Crippen molar-refractivity contribution in [1.82, 2.24) is 30.0 Å². The smallest absolute Gasteiger partial charge is 0.271 e. The molecule has 0 spiro atoms. The van der Waals surface area contributed by atoms with E-state index in [-0.39, 0.29) is 23.7 Å². The van der Waals surface area contributed by atoms with Gasteiger partial charge in [-0.15, -0.1) is 0 Å². The standard InChI is InChI=1S/C29H40N10O2/c1-37-14-16-39(17-15-37)22-9-12-38(13-10-22)21-5-2-19(3-6-21)32-29-26(27(30)41)34-25(24-8-11-31-36-24)28(35-29)33-20-4-7-23(40)18-20/h2-3,5-6,8,11,20,22-23,40H,4,7,9-10,12-18H2,1H3,(H2,30,41)(H,31,36)(H2,32,33,35). The number of nitrogens with zero attached hydrogens (tertiary/aromatic N) is 6. The number of anilines is 4. The number of rotatable bonds is 8. The largest absolute Gasteiger partial charge is 0.393 e. The van der Waals surface area contributed by atoms with Crippen LogP contribution in [0, 0.1) is 0 Å². The van der Waals surface area contributed by atoms with E-state index in [4.69, 9.17) is 10.7 Å². The Hall–Kier alpha value is -3.74. The lowest BCUT2D eigenvalue weighted by atomic mass is 10.0. The molecule has 6 N–H and O–H groups in total. The monoisotopic (exact) mass is 560 g/mol. The number of carbonyl (C=O) groups is 1. The van der Waals surface area contributed by atoms with Crippen LogP contribution in [-0.2, 0) is 0 Å². The highest BCUT2D eigenvalue weighted by atomic mass is 16.3. The lowest BCUT2D eigenvalue weighted by molar-refractivity contribution is 0.0982. The molecule has 3 aromatic rings. The number of aliphatic hydroxyl groups is 1. The van der Waals surface area contributed by atoms with Crippen LogP contribution in [0.3, 0.4) is 0 Å². The minimum atomic E-state index is -0.677. The Labute approximate surface area is 240 Å². The van der Waals surface area contributed by atoms with Crippen LogP contribution in [0.2, 0.25) is 0 Å². The van der Waals surface area contributed by atoms with Crippen LogP contribution in [0.25, 0.3) is 11.4 Å². The average Bonchev–Trinajstić information content (AvgIpc) is 3.66. The third-order valence-corrected chi connectivity index (χ3v) is 8.64. The zero-order chi connectivity index (χ0) is 28.3. The van der Waals surface area contributed by atoms with Gasteiger partial charge in [0.1, 0.15) is 5.69 Å². The minimum Gasteiger partial charge on any atom is -0.393 e. The summed E-state index contributed by atoms with van der Waals surface area (Å²) in [5.41, 5.74) is 8.83. The number of aromatic amines is 1. The summed E-state index contributed by atoms with van der Waals surface area (Å²) in [7, 11) is 2.20. The highest BCUT2D eigenvalue weighted by Crippen LogP contribution is 2.32. The molecule has 2 unspecified atom stereocenters. The molecular weight excluding hydrogens is 520 g/mol. The summed E-state index contributed by atoms with van der Waals surface area (Å²) in [6, 6.07) is 10.7. The van der Waals surface area contributed by atoms with Crippen molar-refractivity contribution in [1.29, 1.82) is 0 Å². The molecule has 1 amide bonds. The van der Waals surface area contributed by atoms with E-state index >= 15 is 0 Å². The summed E-state index contributed by atoms with van der Waals surface area (Å²) >= 11 is 0. The van der Waals surface area contributed by atoms with Gasteiger partial charge in [-0.05, 0) is 69.5 Å². The molecule has 2 atom stereocenters. The minimum absolute atomic E-state index is 0.0432. The number of aliphatic hydroxyl groups excluding tert-OH is 1. The van der Waals surface area contributed by atoms with Crippen LogP contribution >= 0.6 is 0 Å². The van der Waals surface area contributed by atoms with Crippen LogP contribution in [-0.4, -0.2) is 105 Å². The number of nitrogens with one attached hydrogen (secondary N) is 3. The second kappa shape index (κ2) is 12.0. The molecule has 3 fully saturated rings. The van der Waals surface area contributed by atoms with Crippen LogP contribution in [0.5, 0.6) is 0 Å². The first-order valence-corrected chi connectivity index (χ1v) is 14.6. The Kier molecular flexibility index (Phi) is 8.04. The molecule has 3 aliphatic rings. The molecule has 12 heteroatoms. The second-order valence-electron chi connectivity index (χ2n) is 11.5. The summed E-state index contributed by atoms with van der Waals surface area (Å²) in [6.45, 7) is 6.73. The quantitative estimate of drug-likeness (QED) is 0.277.